The van der Waals surface area contributed by atoms with Crippen LogP contribution < -0.4 is 0 Å². The highest BCUT2D eigenvalue weighted by atomic mass is 16.6. The molecule has 1 saturated heterocycles. The van der Waals surface area contributed by atoms with E-state index in [1.807, 2.05) is 30.3 Å². The molecule has 7 heteroatoms. The molecule has 2 aliphatic heterocycles. The van der Waals surface area contributed by atoms with E-state index >= 15 is 0 Å². The number of fused-ring (bicyclic) bond motifs is 3. The molecule has 2 heterocycles. The summed E-state index contributed by atoms with van der Waals surface area (Å²) in [6.45, 7) is 0.746. The number of hydrogen-bond donors (Lipinski definition) is 0. The molecule has 2 aromatic carbocycles. The molecule has 2 aliphatic rings. The van der Waals surface area contributed by atoms with Crippen LogP contribution in [0.1, 0.15) is 29.2 Å². The first-order valence-corrected chi connectivity index (χ1v) is 8.82. The monoisotopic (exact) mass is 366 g/mol. The summed E-state index contributed by atoms with van der Waals surface area (Å²) in [5, 5.41) is 11.1. The average molecular weight is 366 g/mol. The Morgan fingerprint density at radius 3 is 2.67 bits per heavy atom. The maximum Gasteiger partial charge on any atom is 0.307 e. The van der Waals surface area contributed by atoms with Gasteiger partial charge < -0.3 is 9.64 Å². The molecule has 138 valence electrons. The molecule has 0 radical (unpaired) electrons. The van der Waals surface area contributed by atoms with Crippen LogP contribution >= 0.6 is 0 Å². The van der Waals surface area contributed by atoms with Crippen molar-refractivity contribution in [1.82, 2.24) is 4.90 Å². The summed E-state index contributed by atoms with van der Waals surface area (Å²) < 4.78 is 5.40. The lowest BCUT2D eigenvalue weighted by molar-refractivity contribution is -0.384. The molecule has 0 bridgehead atoms. The lowest BCUT2D eigenvalue weighted by Crippen LogP contribution is -2.36. The minimum absolute atomic E-state index is 0.0352. The van der Waals surface area contributed by atoms with Crippen molar-refractivity contribution in [2.75, 3.05) is 6.54 Å². The van der Waals surface area contributed by atoms with Gasteiger partial charge in [-0.15, -0.1) is 0 Å². The number of ether oxygens (including phenoxy) is 1. The minimum atomic E-state index is -0.664. The van der Waals surface area contributed by atoms with Crippen molar-refractivity contribution in [1.29, 1.82) is 0 Å². The van der Waals surface area contributed by atoms with Gasteiger partial charge in [-0.25, -0.2) is 0 Å². The summed E-state index contributed by atoms with van der Waals surface area (Å²) in [6.07, 6.45) is 0.0488. The molecule has 0 unspecified atom stereocenters. The zero-order valence-corrected chi connectivity index (χ0v) is 14.5. The number of nitro groups is 1. The van der Waals surface area contributed by atoms with Crippen LogP contribution in [0.5, 0.6) is 0 Å². The van der Waals surface area contributed by atoms with E-state index in [2.05, 4.69) is 0 Å². The highest BCUT2D eigenvalue weighted by Crippen LogP contribution is 2.41. The molecule has 4 rings (SSSR count). The molecule has 7 nitrogen and oxygen atoms in total. The summed E-state index contributed by atoms with van der Waals surface area (Å²) in [6, 6.07) is 14.3. The Balaban J connectivity index is 1.67. The number of esters is 1. The first-order chi connectivity index (χ1) is 13.0. The zero-order valence-electron chi connectivity index (χ0n) is 14.5. The van der Waals surface area contributed by atoms with E-state index in [0.29, 0.717) is 24.1 Å². The van der Waals surface area contributed by atoms with Gasteiger partial charge in [-0.05, 0) is 29.2 Å². The third-order valence-electron chi connectivity index (χ3n) is 5.16. The van der Waals surface area contributed by atoms with Crippen LogP contribution in [-0.4, -0.2) is 28.2 Å². The number of carbonyl (C=O) groups is 2. The molecular formula is C20H18N2O5. The van der Waals surface area contributed by atoms with Gasteiger partial charge >= 0.3 is 5.97 Å². The molecular weight excluding hydrogens is 348 g/mol. The molecule has 0 saturated carbocycles. The third kappa shape index (κ3) is 3.28. The quantitative estimate of drug-likeness (QED) is 0.471. The summed E-state index contributed by atoms with van der Waals surface area (Å²) in [7, 11) is 0. The standard InChI is InChI=1S/C20H18N2O5/c23-18-11-17-19(27-18)16-7-6-15(22(25)26)10-14(16)12-21(20(17)24)9-8-13-4-2-1-3-5-13/h1-7,10,17,19H,8-9,11-12H2/t17-,19+/m0/s1. The van der Waals surface area contributed by atoms with Crippen LogP contribution in [0.2, 0.25) is 0 Å². The number of hydrogen-bond acceptors (Lipinski definition) is 5. The van der Waals surface area contributed by atoms with Crippen LogP contribution in [0.25, 0.3) is 0 Å². The van der Waals surface area contributed by atoms with Gasteiger partial charge in [0.25, 0.3) is 5.69 Å². The number of benzene rings is 2. The predicted octanol–water partition coefficient (Wildman–Crippen LogP) is 2.78. The van der Waals surface area contributed by atoms with Gasteiger partial charge in [0, 0.05) is 25.2 Å². The van der Waals surface area contributed by atoms with E-state index in [9.17, 15) is 19.7 Å². The van der Waals surface area contributed by atoms with Crippen LogP contribution in [-0.2, 0) is 27.3 Å². The number of nitro benzene ring substituents is 1. The van der Waals surface area contributed by atoms with Crippen molar-refractivity contribution >= 4 is 17.6 Å². The maximum atomic E-state index is 13.0. The normalized spacial score (nSPS) is 21.3. The van der Waals surface area contributed by atoms with Crippen LogP contribution in [0.3, 0.4) is 0 Å². The lowest BCUT2D eigenvalue weighted by Gasteiger charge is -2.23. The van der Waals surface area contributed by atoms with E-state index in [4.69, 9.17) is 4.74 Å². The Morgan fingerprint density at radius 1 is 1.15 bits per heavy atom. The molecule has 0 aliphatic carbocycles. The van der Waals surface area contributed by atoms with Crippen molar-refractivity contribution in [3.63, 3.8) is 0 Å². The fourth-order valence-electron chi connectivity index (χ4n) is 3.79. The summed E-state index contributed by atoms with van der Waals surface area (Å²) in [4.78, 5) is 37.3. The molecule has 2 atom stereocenters. The van der Waals surface area contributed by atoms with Crippen LogP contribution in [0.15, 0.2) is 48.5 Å². The average Bonchev–Trinajstić information content (AvgIpc) is 3.02. The van der Waals surface area contributed by atoms with Crippen molar-refractivity contribution in [2.24, 2.45) is 5.92 Å². The Labute approximate surface area is 155 Å². The van der Waals surface area contributed by atoms with E-state index in [1.54, 1.807) is 11.0 Å². The number of carbonyl (C=O) groups excluding carboxylic acids is 2. The molecule has 1 amide bonds. The second-order valence-corrected chi connectivity index (χ2v) is 6.86. The van der Waals surface area contributed by atoms with Gasteiger partial charge in [0.15, 0.2) is 0 Å². The lowest BCUT2D eigenvalue weighted by atomic mass is 9.93. The second kappa shape index (κ2) is 6.83. The topological polar surface area (TPSA) is 89.8 Å². The van der Waals surface area contributed by atoms with Gasteiger partial charge in [-0.3, -0.25) is 19.7 Å². The number of amides is 1. The third-order valence-corrected chi connectivity index (χ3v) is 5.16. The number of non-ortho nitro benzene ring substituents is 1. The largest absolute Gasteiger partial charge is 0.457 e. The summed E-state index contributed by atoms with van der Waals surface area (Å²) >= 11 is 0. The predicted molar refractivity (Wildman–Crippen MR) is 95.6 cm³/mol. The molecule has 0 N–H and O–H groups in total. The maximum absolute atomic E-state index is 13.0. The Kier molecular flexibility index (Phi) is 4.35. The van der Waals surface area contributed by atoms with Gasteiger partial charge in [0.2, 0.25) is 5.91 Å². The zero-order chi connectivity index (χ0) is 19.0. The highest BCUT2D eigenvalue weighted by Gasteiger charge is 2.45. The van der Waals surface area contributed by atoms with E-state index in [-0.39, 0.29) is 24.6 Å². The van der Waals surface area contributed by atoms with Crippen LogP contribution in [0, 0.1) is 16.0 Å². The fourth-order valence-corrected chi connectivity index (χ4v) is 3.79. The van der Waals surface area contributed by atoms with E-state index in [1.165, 1.54) is 12.1 Å². The second-order valence-electron chi connectivity index (χ2n) is 6.86. The van der Waals surface area contributed by atoms with Crippen molar-refractivity contribution < 1.29 is 19.2 Å². The molecule has 27 heavy (non-hydrogen) atoms. The highest BCUT2D eigenvalue weighted by molar-refractivity contribution is 5.88. The van der Waals surface area contributed by atoms with Crippen LogP contribution in [0.4, 0.5) is 5.69 Å². The SMILES string of the molecule is O=C1C[C@@H]2C(=O)N(CCc3ccccc3)Cc3cc([N+](=O)[O-])ccc3[C@H]2O1. The Bertz CT molecular complexity index is 912. The van der Waals surface area contributed by atoms with Gasteiger partial charge in [0.1, 0.15) is 6.10 Å². The number of rotatable bonds is 4. The van der Waals surface area contributed by atoms with Gasteiger partial charge in [0.05, 0.1) is 17.3 Å². The first-order valence-electron chi connectivity index (χ1n) is 8.82. The number of nitrogens with zero attached hydrogens (tertiary/aromatic N) is 2. The minimum Gasteiger partial charge on any atom is -0.457 e. The van der Waals surface area contributed by atoms with E-state index < -0.39 is 22.9 Å². The van der Waals surface area contributed by atoms with Gasteiger partial charge in [-0.1, -0.05) is 30.3 Å². The van der Waals surface area contributed by atoms with Crippen molar-refractivity contribution in [3.05, 3.63) is 75.3 Å². The fraction of sp³-hybridized carbons (Fsp3) is 0.300. The summed E-state index contributed by atoms with van der Waals surface area (Å²) in [5.41, 5.74) is 2.41. The van der Waals surface area contributed by atoms with Crippen molar-refractivity contribution in [2.45, 2.75) is 25.5 Å². The van der Waals surface area contributed by atoms with Crippen molar-refractivity contribution in [3.8, 4) is 0 Å². The van der Waals surface area contributed by atoms with E-state index in [0.717, 1.165) is 5.56 Å². The Morgan fingerprint density at radius 2 is 1.93 bits per heavy atom. The molecule has 0 spiro atoms. The molecule has 1 fully saturated rings. The Hall–Kier alpha value is -3.22. The summed E-state index contributed by atoms with van der Waals surface area (Å²) in [5.74, 6) is -1.12. The first kappa shape index (κ1) is 17.2. The molecule has 0 aromatic heterocycles. The molecule has 2 aromatic rings. The van der Waals surface area contributed by atoms with Gasteiger partial charge in [-0.2, -0.15) is 0 Å². The smallest absolute Gasteiger partial charge is 0.307 e.